The largest absolute Gasteiger partial charge is 0.394 e. The second-order valence-corrected chi connectivity index (χ2v) is 3.80. The van der Waals surface area contributed by atoms with E-state index in [1.54, 1.807) is 14.0 Å². The minimum absolute atomic E-state index is 0.0194. The van der Waals surface area contributed by atoms with Crippen LogP contribution in [0.15, 0.2) is 0 Å². The number of nitrogens with one attached hydrogen (secondary N) is 1. The number of carbonyl (C=O) groups excluding carboxylic acids is 1. The Bertz CT molecular complexity index is 143. The van der Waals surface area contributed by atoms with Gasteiger partial charge in [-0.3, -0.25) is 4.79 Å². The van der Waals surface area contributed by atoms with Gasteiger partial charge in [0.05, 0.1) is 19.0 Å². The molecule has 0 aliphatic carbocycles. The minimum Gasteiger partial charge on any atom is -0.394 e. The highest BCUT2D eigenvalue weighted by molar-refractivity contribution is 7.99. The highest BCUT2D eigenvalue weighted by Crippen LogP contribution is 1.98. The third kappa shape index (κ3) is 8.08. The zero-order valence-electron chi connectivity index (χ0n) is 8.08. The molecule has 5 heteroatoms. The van der Waals surface area contributed by atoms with Gasteiger partial charge in [-0.15, -0.1) is 11.8 Å². The Kier molecular flexibility index (Phi) is 8.18. The molecule has 2 N–H and O–H groups in total. The quantitative estimate of drug-likeness (QED) is 0.571. The van der Waals surface area contributed by atoms with Gasteiger partial charge in [0.1, 0.15) is 0 Å². The summed E-state index contributed by atoms with van der Waals surface area (Å²) in [5.74, 6) is 1.20. The van der Waals surface area contributed by atoms with E-state index in [0.29, 0.717) is 12.4 Å². The Hall–Kier alpha value is -0.260. The number of methoxy groups -OCH3 is 1. The summed E-state index contributed by atoms with van der Waals surface area (Å²) in [6.07, 6.45) is 0. The monoisotopic (exact) mass is 207 g/mol. The van der Waals surface area contributed by atoms with Gasteiger partial charge in [0, 0.05) is 18.9 Å². The summed E-state index contributed by atoms with van der Waals surface area (Å²) in [6, 6.07) is -0.157. The summed E-state index contributed by atoms with van der Waals surface area (Å²) in [5, 5.41) is 11.3. The molecule has 0 heterocycles. The Morgan fingerprint density at radius 3 is 2.92 bits per heavy atom. The topological polar surface area (TPSA) is 58.6 Å². The van der Waals surface area contributed by atoms with Gasteiger partial charge < -0.3 is 15.2 Å². The van der Waals surface area contributed by atoms with Crippen LogP contribution in [0.25, 0.3) is 0 Å². The number of aliphatic hydroxyl groups is 1. The summed E-state index contributed by atoms with van der Waals surface area (Å²) in [6.45, 7) is 2.40. The van der Waals surface area contributed by atoms with Crippen LogP contribution in [-0.4, -0.2) is 48.9 Å². The number of hydrogen-bond acceptors (Lipinski definition) is 4. The van der Waals surface area contributed by atoms with Crippen LogP contribution >= 0.6 is 11.8 Å². The first kappa shape index (κ1) is 12.7. The lowest BCUT2D eigenvalue weighted by molar-refractivity contribution is -0.119. The Morgan fingerprint density at radius 1 is 1.69 bits per heavy atom. The average molecular weight is 207 g/mol. The van der Waals surface area contributed by atoms with Crippen LogP contribution < -0.4 is 5.32 Å². The molecular formula is C8H17NO3S. The lowest BCUT2D eigenvalue weighted by atomic mass is 10.4. The lowest BCUT2D eigenvalue weighted by Gasteiger charge is -2.09. The predicted molar refractivity (Wildman–Crippen MR) is 53.9 cm³/mol. The van der Waals surface area contributed by atoms with Crippen molar-refractivity contribution in [3.63, 3.8) is 0 Å². The van der Waals surface area contributed by atoms with Gasteiger partial charge in [0.25, 0.3) is 0 Å². The van der Waals surface area contributed by atoms with Crippen LogP contribution in [0.5, 0.6) is 0 Å². The van der Waals surface area contributed by atoms with E-state index >= 15 is 0 Å². The number of ether oxygens (including phenoxy) is 1. The smallest absolute Gasteiger partial charge is 0.230 e. The van der Waals surface area contributed by atoms with Crippen LogP contribution in [0.1, 0.15) is 6.92 Å². The number of carbonyl (C=O) groups is 1. The average Bonchev–Trinajstić information content (AvgIpc) is 2.12. The van der Waals surface area contributed by atoms with Crippen molar-refractivity contribution in [1.29, 1.82) is 0 Å². The number of amides is 1. The summed E-state index contributed by atoms with van der Waals surface area (Å²) >= 11 is 1.52. The van der Waals surface area contributed by atoms with Gasteiger partial charge in [-0.05, 0) is 6.92 Å². The van der Waals surface area contributed by atoms with E-state index in [2.05, 4.69) is 5.32 Å². The van der Waals surface area contributed by atoms with Crippen LogP contribution in [0.3, 0.4) is 0 Å². The first-order valence-electron chi connectivity index (χ1n) is 4.17. The third-order valence-corrected chi connectivity index (χ3v) is 2.27. The van der Waals surface area contributed by atoms with Crippen LogP contribution in [0, 0.1) is 0 Å². The lowest BCUT2D eigenvalue weighted by Crippen LogP contribution is -2.36. The van der Waals surface area contributed by atoms with E-state index in [9.17, 15) is 4.79 Å². The number of hydrogen-bond donors (Lipinski definition) is 2. The summed E-state index contributed by atoms with van der Waals surface area (Å²) < 4.78 is 4.83. The van der Waals surface area contributed by atoms with E-state index in [4.69, 9.17) is 9.84 Å². The fraction of sp³-hybridized carbons (Fsp3) is 0.875. The van der Waals surface area contributed by atoms with Gasteiger partial charge in [-0.2, -0.15) is 0 Å². The van der Waals surface area contributed by atoms with Crippen molar-refractivity contribution < 1.29 is 14.6 Å². The van der Waals surface area contributed by atoms with E-state index in [1.165, 1.54) is 11.8 Å². The van der Waals surface area contributed by atoms with E-state index < -0.39 is 0 Å². The second-order valence-electron chi connectivity index (χ2n) is 2.70. The van der Waals surface area contributed by atoms with Crippen molar-refractivity contribution >= 4 is 17.7 Å². The fourth-order valence-electron chi connectivity index (χ4n) is 0.669. The predicted octanol–water partition coefficient (Wildman–Crippen LogP) is -0.137. The van der Waals surface area contributed by atoms with Gasteiger partial charge >= 0.3 is 0 Å². The van der Waals surface area contributed by atoms with E-state index in [-0.39, 0.29) is 18.6 Å². The normalized spacial score (nSPS) is 12.5. The second kappa shape index (κ2) is 8.34. The molecule has 0 aliphatic rings. The summed E-state index contributed by atoms with van der Waals surface area (Å²) in [4.78, 5) is 11.1. The molecule has 0 spiro atoms. The molecule has 0 unspecified atom stereocenters. The van der Waals surface area contributed by atoms with Crippen molar-refractivity contribution in [2.75, 3.05) is 31.8 Å². The summed E-state index contributed by atoms with van der Waals surface area (Å²) in [7, 11) is 1.63. The Labute approximate surface area is 83.0 Å². The fourth-order valence-corrected chi connectivity index (χ4v) is 1.37. The van der Waals surface area contributed by atoms with Gasteiger partial charge in [-0.25, -0.2) is 0 Å². The highest BCUT2D eigenvalue weighted by Gasteiger charge is 2.05. The van der Waals surface area contributed by atoms with Crippen molar-refractivity contribution in [2.24, 2.45) is 0 Å². The first-order valence-corrected chi connectivity index (χ1v) is 5.33. The number of aliphatic hydroxyl groups excluding tert-OH is 1. The van der Waals surface area contributed by atoms with Crippen LogP contribution in [0.2, 0.25) is 0 Å². The number of thioether (sulfide) groups is 1. The van der Waals surface area contributed by atoms with Gasteiger partial charge in [0.15, 0.2) is 0 Å². The Morgan fingerprint density at radius 2 is 2.38 bits per heavy atom. The minimum atomic E-state index is -0.157. The molecule has 1 atom stereocenters. The van der Waals surface area contributed by atoms with Crippen LogP contribution in [0.4, 0.5) is 0 Å². The molecular weight excluding hydrogens is 190 g/mol. The van der Waals surface area contributed by atoms with Gasteiger partial charge in [0.2, 0.25) is 5.91 Å². The molecule has 0 fully saturated rings. The highest BCUT2D eigenvalue weighted by atomic mass is 32.2. The molecule has 0 aromatic carbocycles. The maximum Gasteiger partial charge on any atom is 0.230 e. The molecule has 0 aromatic heterocycles. The van der Waals surface area contributed by atoms with Crippen molar-refractivity contribution in [3.05, 3.63) is 0 Å². The van der Waals surface area contributed by atoms with Crippen molar-refractivity contribution in [1.82, 2.24) is 5.32 Å². The van der Waals surface area contributed by atoms with Crippen molar-refractivity contribution in [2.45, 2.75) is 13.0 Å². The first-order chi connectivity index (χ1) is 6.20. The maximum absolute atomic E-state index is 11.1. The molecule has 4 nitrogen and oxygen atoms in total. The zero-order valence-corrected chi connectivity index (χ0v) is 8.89. The molecule has 0 aromatic rings. The Balaban J connectivity index is 3.30. The standard InChI is InChI=1S/C8H17NO3S/c1-7(5-10)9-8(11)6-13-4-3-12-2/h7,10H,3-6H2,1-2H3,(H,9,11)/t7-/m0/s1. The van der Waals surface area contributed by atoms with Crippen LogP contribution in [-0.2, 0) is 9.53 Å². The molecule has 0 bridgehead atoms. The molecule has 0 saturated carbocycles. The van der Waals surface area contributed by atoms with E-state index in [1.807, 2.05) is 0 Å². The van der Waals surface area contributed by atoms with Crippen molar-refractivity contribution in [3.8, 4) is 0 Å². The van der Waals surface area contributed by atoms with Gasteiger partial charge in [-0.1, -0.05) is 0 Å². The summed E-state index contributed by atoms with van der Waals surface area (Å²) in [5.41, 5.74) is 0. The molecule has 78 valence electrons. The zero-order chi connectivity index (χ0) is 10.1. The third-order valence-electron chi connectivity index (χ3n) is 1.35. The molecule has 0 rings (SSSR count). The molecule has 1 amide bonds. The molecule has 0 radical (unpaired) electrons. The molecule has 0 saturated heterocycles. The molecule has 0 aliphatic heterocycles. The molecule has 13 heavy (non-hydrogen) atoms. The maximum atomic E-state index is 11.1. The SMILES string of the molecule is COCCSCC(=O)N[C@@H](C)CO. The van der Waals surface area contributed by atoms with E-state index in [0.717, 1.165) is 5.75 Å². The number of rotatable bonds is 7.